The van der Waals surface area contributed by atoms with Crippen molar-refractivity contribution in [3.05, 3.63) is 65.2 Å². The van der Waals surface area contributed by atoms with Gasteiger partial charge in [0.2, 0.25) is 0 Å². The highest BCUT2D eigenvalue weighted by Gasteiger charge is 2.14. The summed E-state index contributed by atoms with van der Waals surface area (Å²) in [5, 5.41) is 2.91. The number of carbonyl (C=O) groups is 1. The summed E-state index contributed by atoms with van der Waals surface area (Å²) in [6.45, 7) is 1.20. The van der Waals surface area contributed by atoms with E-state index >= 15 is 0 Å². The van der Waals surface area contributed by atoms with Gasteiger partial charge in [-0.15, -0.1) is 0 Å². The molecule has 0 atom stereocenters. The van der Waals surface area contributed by atoms with Gasteiger partial charge in [0, 0.05) is 35.8 Å². The van der Waals surface area contributed by atoms with Gasteiger partial charge in [-0.25, -0.2) is 0 Å². The molecular formula is C19H17N3O3S. The second-order valence-electron chi connectivity index (χ2n) is 5.85. The molecular weight excluding hydrogens is 350 g/mol. The van der Waals surface area contributed by atoms with Crippen LogP contribution in [0.4, 0.5) is 5.69 Å². The van der Waals surface area contributed by atoms with Gasteiger partial charge in [0.15, 0.2) is 16.3 Å². The number of H-pyrrole nitrogens is 1. The van der Waals surface area contributed by atoms with E-state index in [0.717, 1.165) is 12.1 Å². The van der Waals surface area contributed by atoms with Gasteiger partial charge in [0.25, 0.3) is 5.91 Å². The summed E-state index contributed by atoms with van der Waals surface area (Å²) in [6.07, 6.45) is 4.43. The van der Waals surface area contributed by atoms with Crippen LogP contribution in [-0.2, 0) is 0 Å². The van der Waals surface area contributed by atoms with Crippen molar-refractivity contribution in [3.8, 4) is 17.2 Å². The van der Waals surface area contributed by atoms with Crippen molar-refractivity contribution >= 4 is 23.8 Å². The minimum Gasteiger partial charge on any atom is -0.490 e. The molecule has 0 bridgehead atoms. The van der Waals surface area contributed by atoms with Crippen molar-refractivity contribution in [2.45, 2.75) is 6.42 Å². The first kappa shape index (κ1) is 16.4. The van der Waals surface area contributed by atoms with E-state index in [1.54, 1.807) is 24.4 Å². The summed E-state index contributed by atoms with van der Waals surface area (Å²) in [5.74, 6) is 1.06. The SMILES string of the molecule is O=C(Nc1cccc(-n2cc[nH]c2=S)c1)c1ccc2c(c1)OCCCO2. The molecule has 132 valence electrons. The first-order valence-corrected chi connectivity index (χ1v) is 8.69. The smallest absolute Gasteiger partial charge is 0.255 e. The largest absolute Gasteiger partial charge is 0.490 e. The number of hydrogen-bond acceptors (Lipinski definition) is 4. The lowest BCUT2D eigenvalue weighted by atomic mass is 10.1. The minimum absolute atomic E-state index is 0.213. The normalized spacial score (nSPS) is 13.1. The van der Waals surface area contributed by atoms with E-state index < -0.39 is 0 Å². The molecule has 7 heteroatoms. The molecule has 6 nitrogen and oxygen atoms in total. The molecule has 0 radical (unpaired) electrons. The van der Waals surface area contributed by atoms with Crippen molar-refractivity contribution in [2.75, 3.05) is 18.5 Å². The number of rotatable bonds is 3. The molecule has 1 aromatic heterocycles. The van der Waals surface area contributed by atoms with E-state index in [1.807, 2.05) is 35.0 Å². The van der Waals surface area contributed by atoms with Crippen LogP contribution in [0.25, 0.3) is 5.69 Å². The van der Waals surface area contributed by atoms with E-state index in [1.165, 1.54) is 0 Å². The molecule has 1 amide bonds. The highest BCUT2D eigenvalue weighted by Crippen LogP contribution is 2.30. The lowest BCUT2D eigenvalue weighted by Gasteiger charge is -2.11. The van der Waals surface area contributed by atoms with Gasteiger partial charge in [-0.3, -0.25) is 9.36 Å². The van der Waals surface area contributed by atoms with E-state index in [4.69, 9.17) is 21.7 Å². The third kappa shape index (κ3) is 3.34. The fourth-order valence-electron chi connectivity index (χ4n) is 2.76. The van der Waals surface area contributed by atoms with E-state index in [-0.39, 0.29) is 5.91 Å². The molecule has 0 saturated carbocycles. The van der Waals surface area contributed by atoms with Gasteiger partial charge >= 0.3 is 0 Å². The Kier molecular flexibility index (Phi) is 4.45. The molecule has 26 heavy (non-hydrogen) atoms. The summed E-state index contributed by atoms with van der Waals surface area (Å²) in [4.78, 5) is 15.6. The number of ether oxygens (including phenoxy) is 2. The Morgan fingerprint density at radius 3 is 2.77 bits per heavy atom. The summed E-state index contributed by atoms with van der Waals surface area (Å²) in [7, 11) is 0. The summed E-state index contributed by atoms with van der Waals surface area (Å²) in [6, 6.07) is 12.7. The summed E-state index contributed by atoms with van der Waals surface area (Å²) in [5.41, 5.74) is 2.06. The maximum Gasteiger partial charge on any atom is 0.255 e. The van der Waals surface area contributed by atoms with Crippen molar-refractivity contribution in [3.63, 3.8) is 0 Å². The van der Waals surface area contributed by atoms with Crippen molar-refractivity contribution in [1.29, 1.82) is 0 Å². The van der Waals surface area contributed by atoms with Crippen LogP contribution < -0.4 is 14.8 Å². The van der Waals surface area contributed by atoms with Crippen LogP contribution in [0.3, 0.4) is 0 Å². The zero-order valence-corrected chi connectivity index (χ0v) is 14.7. The number of aromatic amines is 1. The van der Waals surface area contributed by atoms with Crippen molar-refractivity contribution in [2.24, 2.45) is 0 Å². The number of anilines is 1. The molecule has 0 unspecified atom stereocenters. The van der Waals surface area contributed by atoms with Gasteiger partial charge in [0.1, 0.15) is 0 Å². The van der Waals surface area contributed by atoms with Crippen molar-refractivity contribution < 1.29 is 14.3 Å². The summed E-state index contributed by atoms with van der Waals surface area (Å²) >= 11 is 5.24. The number of nitrogens with zero attached hydrogens (tertiary/aromatic N) is 1. The molecule has 0 spiro atoms. The van der Waals surface area contributed by atoms with Crippen LogP contribution in [0.5, 0.6) is 11.5 Å². The number of amides is 1. The Morgan fingerprint density at radius 2 is 1.96 bits per heavy atom. The first-order chi connectivity index (χ1) is 12.7. The average molecular weight is 367 g/mol. The number of carbonyl (C=O) groups excluding carboxylic acids is 1. The highest BCUT2D eigenvalue weighted by molar-refractivity contribution is 7.71. The third-order valence-electron chi connectivity index (χ3n) is 4.04. The lowest BCUT2D eigenvalue weighted by Crippen LogP contribution is -2.12. The number of benzene rings is 2. The zero-order chi connectivity index (χ0) is 17.9. The quantitative estimate of drug-likeness (QED) is 0.688. The third-order valence-corrected chi connectivity index (χ3v) is 4.36. The lowest BCUT2D eigenvalue weighted by molar-refractivity contribution is 0.102. The maximum absolute atomic E-state index is 12.6. The molecule has 2 N–H and O–H groups in total. The Balaban J connectivity index is 1.56. The molecule has 2 aromatic carbocycles. The maximum atomic E-state index is 12.6. The number of hydrogen-bond donors (Lipinski definition) is 2. The second kappa shape index (κ2) is 7.05. The van der Waals surface area contributed by atoms with Crippen molar-refractivity contribution in [1.82, 2.24) is 9.55 Å². The standard InChI is InChI=1S/C19H17N3O3S/c23-18(13-5-6-16-17(11-13)25-10-2-9-24-16)21-14-3-1-4-15(12-14)22-8-7-20-19(22)26/h1,3-8,11-12H,2,9-10H2,(H,20,26)(H,21,23). The van der Waals surface area contributed by atoms with Crippen LogP contribution in [0, 0.1) is 4.77 Å². The van der Waals surface area contributed by atoms with Gasteiger partial charge in [0.05, 0.1) is 13.2 Å². The Hall–Kier alpha value is -3.06. The Morgan fingerprint density at radius 1 is 1.12 bits per heavy atom. The minimum atomic E-state index is -0.213. The van der Waals surface area contributed by atoms with Gasteiger partial charge in [-0.05, 0) is 48.6 Å². The van der Waals surface area contributed by atoms with Gasteiger partial charge in [-0.2, -0.15) is 0 Å². The molecule has 1 aliphatic heterocycles. The Bertz CT molecular complexity index is 1010. The monoisotopic (exact) mass is 367 g/mol. The molecule has 0 fully saturated rings. The fraction of sp³-hybridized carbons (Fsp3) is 0.158. The van der Waals surface area contributed by atoms with Crippen LogP contribution in [0.1, 0.15) is 16.8 Å². The van der Waals surface area contributed by atoms with E-state index in [0.29, 0.717) is 40.7 Å². The summed E-state index contributed by atoms with van der Waals surface area (Å²) < 4.78 is 13.7. The molecule has 0 saturated heterocycles. The van der Waals surface area contributed by atoms with Crippen LogP contribution in [0.15, 0.2) is 54.9 Å². The van der Waals surface area contributed by atoms with Gasteiger partial charge in [-0.1, -0.05) is 6.07 Å². The fourth-order valence-corrected chi connectivity index (χ4v) is 3.00. The highest BCUT2D eigenvalue weighted by atomic mass is 32.1. The Labute approximate surface area is 155 Å². The van der Waals surface area contributed by atoms with Gasteiger partial charge < -0.3 is 19.8 Å². The van der Waals surface area contributed by atoms with E-state index in [2.05, 4.69) is 10.3 Å². The van der Waals surface area contributed by atoms with Crippen LogP contribution in [0.2, 0.25) is 0 Å². The number of aromatic nitrogens is 2. The number of nitrogens with one attached hydrogen (secondary N) is 2. The molecule has 3 aromatic rings. The predicted molar refractivity (Wildman–Crippen MR) is 101 cm³/mol. The number of imidazole rings is 1. The zero-order valence-electron chi connectivity index (χ0n) is 13.9. The van der Waals surface area contributed by atoms with Crippen LogP contribution >= 0.6 is 12.2 Å². The molecule has 0 aliphatic carbocycles. The molecule has 4 rings (SSSR count). The van der Waals surface area contributed by atoms with E-state index in [9.17, 15) is 4.79 Å². The number of fused-ring (bicyclic) bond motifs is 1. The topological polar surface area (TPSA) is 68.3 Å². The average Bonchev–Trinajstić information content (AvgIpc) is 2.94. The predicted octanol–water partition coefficient (Wildman–Crippen LogP) is 3.95. The molecule has 2 heterocycles. The van der Waals surface area contributed by atoms with Crippen LogP contribution in [-0.4, -0.2) is 28.7 Å². The molecule has 1 aliphatic rings. The first-order valence-electron chi connectivity index (χ1n) is 8.28. The second-order valence-corrected chi connectivity index (χ2v) is 6.24.